The Morgan fingerprint density at radius 2 is 2.32 bits per heavy atom. The normalized spacial score (nSPS) is 20.6. The Morgan fingerprint density at radius 3 is 3.11 bits per heavy atom. The lowest BCUT2D eigenvalue weighted by atomic mass is 10.0. The number of rotatable bonds is 3. The molecule has 1 aliphatic heterocycles. The minimum atomic E-state index is -0.0515. The summed E-state index contributed by atoms with van der Waals surface area (Å²) in [5.41, 5.74) is 1.37. The molecular formula is C15H18N2O2. The van der Waals surface area contributed by atoms with Gasteiger partial charge in [0.2, 0.25) is 0 Å². The summed E-state index contributed by atoms with van der Waals surface area (Å²) in [4.78, 5) is 12.3. The van der Waals surface area contributed by atoms with E-state index >= 15 is 0 Å². The van der Waals surface area contributed by atoms with Crippen LogP contribution in [0.1, 0.15) is 23.7 Å². The molecule has 100 valence electrons. The Kier molecular flexibility index (Phi) is 3.25. The largest absolute Gasteiger partial charge is 0.463 e. The van der Waals surface area contributed by atoms with Crippen molar-refractivity contribution < 1.29 is 9.21 Å². The fourth-order valence-electron chi connectivity index (χ4n) is 2.66. The van der Waals surface area contributed by atoms with Crippen molar-refractivity contribution in [1.29, 1.82) is 0 Å². The van der Waals surface area contributed by atoms with Crippen molar-refractivity contribution in [1.82, 2.24) is 10.6 Å². The first-order valence-electron chi connectivity index (χ1n) is 6.73. The van der Waals surface area contributed by atoms with Crippen LogP contribution in [0.15, 0.2) is 34.9 Å². The number of hydrogen-bond acceptors (Lipinski definition) is 3. The van der Waals surface area contributed by atoms with Crippen molar-refractivity contribution in [2.24, 2.45) is 5.92 Å². The van der Waals surface area contributed by atoms with Gasteiger partial charge in [0.25, 0.3) is 5.91 Å². The number of nitrogens with one attached hydrogen (secondary N) is 2. The van der Waals surface area contributed by atoms with Crippen LogP contribution in [0, 0.1) is 5.92 Å². The van der Waals surface area contributed by atoms with Gasteiger partial charge in [-0.3, -0.25) is 4.79 Å². The third kappa shape index (κ3) is 2.36. The molecule has 4 nitrogen and oxygen atoms in total. The highest BCUT2D eigenvalue weighted by Gasteiger charge is 2.24. The molecule has 0 saturated carbocycles. The fraction of sp³-hybridized carbons (Fsp3) is 0.400. The Balaban J connectivity index is 1.76. The molecule has 2 heterocycles. The van der Waals surface area contributed by atoms with E-state index in [0.29, 0.717) is 11.5 Å². The van der Waals surface area contributed by atoms with Crippen molar-refractivity contribution in [3.8, 4) is 0 Å². The predicted octanol–water partition coefficient (Wildman–Crippen LogP) is 2.16. The molecule has 1 saturated heterocycles. The van der Waals surface area contributed by atoms with Gasteiger partial charge in [-0.1, -0.05) is 18.2 Å². The minimum Gasteiger partial charge on any atom is -0.463 e. The summed E-state index contributed by atoms with van der Waals surface area (Å²) >= 11 is 0. The van der Waals surface area contributed by atoms with Gasteiger partial charge in [-0.15, -0.1) is 0 Å². The number of fused-ring (bicyclic) bond motifs is 1. The molecule has 0 radical (unpaired) electrons. The lowest BCUT2D eigenvalue weighted by Gasteiger charge is -2.19. The zero-order valence-corrected chi connectivity index (χ0v) is 11.0. The molecule has 1 aromatic carbocycles. The molecule has 1 aliphatic rings. The molecule has 2 unspecified atom stereocenters. The highest BCUT2D eigenvalue weighted by molar-refractivity contribution is 6.05. The number of amides is 1. The van der Waals surface area contributed by atoms with Gasteiger partial charge in [-0.05, 0) is 38.4 Å². The predicted molar refractivity (Wildman–Crippen MR) is 74.1 cm³/mol. The topological polar surface area (TPSA) is 54.3 Å². The van der Waals surface area contributed by atoms with E-state index in [0.717, 1.165) is 30.5 Å². The lowest BCUT2D eigenvalue weighted by Crippen LogP contribution is -2.38. The molecule has 3 rings (SSSR count). The molecule has 2 aromatic rings. The second-order valence-corrected chi connectivity index (χ2v) is 5.16. The van der Waals surface area contributed by atoms with Gasteiger partial charge in [0, 0.05) is 11.4 Å². The smallest absolute Gasteiger partial charge is 0.255 e. The zero-order valence-electron chi connectivity index (χ0n) is 11.0. The second-order valence-electron chi connectivity index (χ2n) is 5.16. The zero-order chi connectivity index (χ0) is 13.2. The van der Waals surface area contributed by atoms with Crippen LogP contribution in [-0.2, 0) is 0 Å². The third-order valence-corrected chi connectivity index (χ3v) is 3.89. The van der Waals surface area contributed by atoms with Crippen LogP contribution in [0.2, 0.25) is 0 Å². The molecule has 0 bridgehead atoms. The number of para-hydroxylation sites is 1. The molecule has 1 fully saturated rings. The fourth-order valence-corrected chi connectivity index (χ4v) is 2.66. The van der Waals surface area contributed by atoms with Crippen LogP contribution in [0.25, 0.3) is 11.0 Å². The SMILES string of the molecule is CC(NC(=O)c1coc2ccccc12)C1CCNC1. The third-order valence-electron chi connectivity index (χ3n) is 3.89. The van der Waals surface area contributed by atoms with E-state index in [9.17, 15) is 4.79 Å². The Labute approximate surface area is 112 Å². The summed E-state index contributed by atoms with van der Waals surface area (Å²) in [7, 11) is 0. The molecule has 2 atom stereocenters. The first-order valence-corrected chi connectivity index (χ1v) is 6.73. The molecule has 0 aliphatic carbocycles. The standard InChI is InChI=1S/C15H18N2O2/c1-10(11-6-7-16-8-11)17-15(18)13-9-19-14-5-3-2-4-12(13)14/h2-5,9-11,16H,6-8H2,1H3,(H,17,18). The number of hydrogen-bond donors (Lipinski definition) is 2. The first kappa shape index (κ1) is 12.2. The van der Waals surface area contributed by atoms with Crippen LogP contribution >= 0.6 is 0 Å². The maximum Gasteiger partial charge on any atom is 0.255 e. The van der Waals surface area contributed by atoms with Crippen molar-refractivity contribution in [3.63, 3.8) is 0 Å². The Morgan fingerprint density at radius 1 is 1.47 bits per heavy atom. The van der Waals surface area contributed by atoms with Crippen LogP contribution in [0.3, 0.4) is 0 Å². The van der Waals surface area contributed by atoms with Crippen LogP contribution < -0.4 is 10.6 Å². The van der Waals surface area contributed by atoms with Gasteiger partial charge in [0.15, 0.2) is 0 Å². The first-order chi connectivity index (χ1) is 9.25. The molecular weight excluding hydrogens is 240 g/mol. The van der Waals surface area contributed by atoms with E-state index < -0.39 is 0 Å². The summed E-state index contributed by atoms with van der Waals surface area (Å²) in [6.07, 6.45) is 2.66. The number of carbonyl (C=O) groups excluding carboxylic acids is 1. The molecule has 2 N–H and O–H groups in total. The minimum absolute atomic E-state index is 0.0515. The van der Waals surface area contributed by atoms with E-state index in [1.54, 1.807) is 6.26 Å². The number of furan rings is 1. The summed E-state index contributed by atoms with van der Waals surface area (Å²) < 4.78 is 5.40. The maximum atomic E-state index is 12.3. The van der Waals surface area contributed by atoms with Crippen molar-refractivity contribution >= 4 is 16.9 Å². The van der Waals surface area contributed by atoms with Gasteiger partial charge in [-0.2, -0.15) is 0 Å². The van der Waals surface area contributed by atoms with Crippen molar-refractivity contribution in [2.45, 2.75) is 19.4 Å². The van der Waals surface area contributed by atoms with Gasteiger partial charge in [-0.25, -0.2) is 0 Å². The molecule has 4 heteroatoms. The van der Waals surface area contributed by atoms with Gasteiger partial charge in [0.1, 0.15) is 11.8 Å². The summed E-state index contributed by atoms with van der Waals surface area (Å²) in [6, 6.07) is 7.78. The average Bonchev–Trinajstić information content (AvgIpc) is 3.08. The molecule has 1 aromatic heterocycles. The van der Waals surface area contributed by atoms with Crippen molar-refractivity contribution in [3.05, 3.63) is 36.1 Å². The summed E-state index contributed by atoms with van der Waals surface area (Å²) in [6.45, 7) is 4.09. The summed E-state index contributed by atoms with van der Waals surface area (Å²) in [5, 5.41) is 7.27. The highest BCUT2D eigenvalue weighted by atomic mass is 16.3. The quantitative estimate of drug-likeness (QED) is 0.887. The van der Waals surface area contributed by atoms with Gasteiger partial charge >= 0.3 is 0 Å². The lowest BCUT2D eigenvalue weighted by molar-refractivity contribution is 0.0929. The summed E-state index contributed by atoms with van der Waals surface area (Å²) in [5.74, 6) is 0.464. The Hall–Kier alpha value is -1.81. The van der Waals surface area contributed by atoms with E-state index in [1.165, 1.54) is 0 Å². The van der Waals surface area contributed by atoms with Crippen molar-refractivity contribution in [2.75, 3.05) is 13.1 Å². The van der Waals surface area contributed by atoms with E-state index in [2.05, 4.69) is 17.6 Å². The van der Waals surface area contributed by atoms with Gasteiger partial charge < -0.3 is 15.1 Å². The molecule has 0 spiro atoms. The van der Waals surface area contributed by atoms with E-state index in [-0.39, 0.29) is 11.9 Å². The van der Waals surface area contributed by atoms with Crippen LogP contribution in [-0.4, -0.2) is 25.0 Å². The maximum absolute atomic E-state index is 12.3. The number of carbonyl (C=O) groups is 1. The van der Waals surface area contributed by atoms with Crippen LogP contribution in [0.4, 0.5) is 0 Å². The van der Waals surface area contributed by atoms with Crippen LogP contribution in [0.5, 0.6) is 0 Å². The van der Waals surface area contributed by atoms with E-state index in [1.807, 2.05) is 24.3 Å². The van der Waals surface area contributed by atoms with Gasteiger partial charge in [0.05, 0.1) is 5.56 Å². The molecule has 1 amide bonds. The Bertz CT molecular complexity index is 585. The van der Waals surface area contributed by atoms with E-state index in [4.69, 9.17) is 4.42 Å². The highest BCUT2D eigenvalue weighted by Crippen LogP contribution is 2.21. The number of benzene rings is 1. The molecule has 19 heavy (non-hydrogen) atoms. The average molecular weight is 258 g/mol. The second kappa shape index (κ2) is 5.05. The monoisotopic (exact) mass is 258 g/mol.